The minimum Gasteiger partial charge on any atom is -0.395 e. The predicted octanol–water partition coefficient (Wildman–Crippen LogP) is 0.496. The Balaban J connectivity index is 2.20. The maximum atomic E-state index is 11.8. The second kappa shape index (κ2) is 3.94. The summed E-state index contributed by atoms with van der Waals surface area (Å²) < 4.78 is 0. The van der Waals surface area contributed by atoms with Crippen LogP contribution in [0.25, 0.3) is 0 Å². The zero-order valence-corrected chi connectivity index (χ0v) is 8.91. The summed E-state index contributed by atoms with van der Waals surface area (Å²) in [6.45, 7) is -0.0830. The van der Waals surface area contributed by atoms with Crippen molar-refractivity contribution in [2.24, 2.45) is 11.8 Å². The monoisotopic (exact) mass is 229 g/mol. The lowest BCUT2D eigenvalue weighted by Crippen LogP contribution is -2.33. The van der Waals surface area contributed by atoms with E-state index < -0.39 is 0 Å². The normalized spacial score (nSPS) is 30.5. The zero-order chi connectivity index (χ0) is 11.0. The molecular weight excluding hydrogens is 218 g/mol. The fourth-order valence-corrected chi connectivity index (χ4v) is 2.47. The van der Waals surface area contributed by atoms with E-state index in [9.17, 15) is 9.59 Å². The van der Waals surface area contributed by atoms with E-state index in [4.69, 9.17) is 16.7 Å². The number of nitrogens with zero attached hydrogens (tertiary/aromatic N) is 1. The van der Waals surface area contributed by atoms with Crippen LogP contribution in [-0.2, 0) is 9.59 Å². The molecule has 2 amide bonds. The number of rotatable bonds is 2. The fraction of sp³-hybridized carbons (Fsp3) is 0.600. The summed E-state index contributed by atoms with van der Waals surface area (Å²) in [6, 6.07) is 0. The number of hydrogen-bond donors (Lipinski definition) is 1. The number of fused-ring (bicyclic) bond motifs is 1. The van der Waals surface area contributed by atoms with Crippen molar-refractivity contribution >= 4 is 23.4 Å². The molecule has 2 rings (SSSR count). The lowest BCUT2D eigenvalue weighted by molar-refractivity contribution is -0.140. The van der Waals surface area contributed by atoms with Crippen LogP contribution >= 0.6 is 11.6 Å². The van der Waals surface area contributed by atoms with Gasteiger partial charge in [-0.15, -0.1) is 0 Å². The zero-order valence-electron chi connectivity index (χ0n) is 8.15. The molecule has 5 heteroatoms. The Morgan fingerprint density at radius 1 is 1.40 bits per heavy atom. The van der Waals surface area contributed by atoms with Crippen LogP contribution in [0.3, 0.4) is 0 Å². The maximum Gasteiger partial charge on any atom is 0.233 e. The molecule has 1 N–H and O–H groups in total. The van der Waals surface area contributed by atoms with E-state index in [1.807, 2.05) is 0 Å². The number of halogens is 1. The first-order chi connectivity index (χ1) is 7.15. The molecule has 82 valence electrons. The molecule has 1 fully saturated rings. The van der Waals surface area contributed by atoms with Crippen molar-refractivity contribution in [3.05, 3.63) is 11.1 Å². The quantitative estimate of drug-likeness (QED) is 0.702. The number of aliphatic hydroxyl groups excluding tert-OH is 1. The second-order valence-electron chi connectivity index (χ2n) is 3.86. The third kappa shape index (κ3) is 1.68. The summed E-state index contributed by atoms with van der Waals surface area (Å²) in [4.78, 5) is 24.7. The van der Waals surface area contributed by atoms with E-state index in [1.54, 1.807) is 6.08 Å². The van der Waals surface area contributed by atoms with Gasteiger partial charge in [-0.3, -0.25) is 14.5 Å². The number of imide groups is 1. The molecule has 1 aliphatic carbocycles. The lowest BCUT2D eigenvalue weighted by atomic mass is 9.85. The summed E-state index contributed by atoms with van der Waals surface area (Å²) >= 11 is 5.85. The van der Waals surface area contributed by atoms with E-state index in [2.05, 4.69) is 0 Å². The first kappa shape index (κ1) is 10.6. The number of carbonyl (C=O) groups excluding carboxylic acids is 2. The summed E-state index contributed by atoms with van der Waals surface area (Å²) in [5, 5.41) is 9.42. The minimum atomic E-state index is -0.304. The van der Waals surface area contributed by atoms with Crippen molar-refractivity contribution in [1.82, 2.24) is 4.90 Å². The minimum absolute atomic E-state index is 0.0995. The van der Waals surface area contributed by atoms with Crippen molar-refractivity contribution in [2.75, 3.05) is 13.2 Å². The third-order valence-corrected chi connectivity index (χ3v) is 3.29. The maximum absolute atomic E-state index is 11.8. The van der Waals surface area contributed by atoms with Gasteiger partial charge in [-0.2, -0.15) is 0 Å². The highest BCUT2D eigenvalue weighted by atomic mass is 35.5. The van der Waals surface area contributed by atoms with E-state index in [0.29, 0.717) is 17.9 Å². The molecule has 0 spiro atoms. The van der Waals surface area contributed by atoms with Crippen molar-refractivity contribution in [2.45, 2.75) is 12.8 Å². The van der Waals surface area contributed by atoms with Gasteiger partial charge < -0.3 is 5.11 Å². The van der Waals surface area contributed by atoms with Crippen LogP contribution in [0, 0.1) is 11.8 Å². The second-order valence-corrected chi connectivity index (χ2v) is 4.34. The van der Waals surface area contributed by atoms with Crippen LogP contribution in [0.15, 0.2) is 11.1 Å². The van der Waals surface area contributed by atoms with Gasteiger partial charge in [-0.05, 0) is 12.8 Å². The number of amides is 2. The molecule has 0 bridgehead atoms. The molecule has 4 nitrogen and oxygen atoms in total. The molecule has 1 heterocycles. The Morgan fingerprint density at radius 3 is 2.73 bits per heavy atom. The van der Waals surface area contributed by atoms with Crippen LogP contribution in [0.5, 0.6) is 0 Å². The number of β-amino-alcohol motifs (C(OH)–C–C–N with tert-alkyl or cyclic N) is 1. The van der Waals surface area contributed by atoms with Crippen molar-refractivity contribution < 1.29 is 14.7 Å². The van der Waals surface area contributed by atoms with Crippen LogP contribution in [0.2, 0.25) is 0 Å². The molecule has 0 saturated carbocycles. The highest BCUT2D eigenvalue weighted by molar-refractivity contribution is 6.30. The van der Waals surface area contributed by atoms with E-state index in [-0.39, 0.29) is 36.8 Å². The molecular formula is C10H12ClNO3. The van der Waals surface area contributed by atoms with Gasteiger partial charge in [-0.25, -0.2) is 0 Å². The predicted molar refractivity (Wildman–Crippen MR) is 54.0 cm³/mol. The lowest BCUT2D eigenvalue weighted by Gasteiger charge is -2.17. The van der Waals surface area contributed by atoms with Gasteiger partial charge in [0.2, 0.25) is 11.8 Å². The molecule has 1 saturated heterocycles. The molecule has 0 radical (unpaired) electrons. The first-order valence-corrected chi connectivity index (χ1v) is 5.33. The van der Waals surface area contributed by atoms with Gasteiger partial charge in [0.25, 0.3) is 0 Å². The largest absolute Gasteiger partial charge is 0.395 e. The fourth-order valence-electron chi connectivity index (χ4n) is 2.22. The standard InChI is InChI=1S/C10H12ClNO3/c11-6-1-2-7-8(5-6)10(15)12(3-4-13)9(7)14/h1,7-8,13H,2-5H2/t7-,8+/m1/s1. The Labute approximate surface area is 92.5 Å². The smallest absolute Gasteiger partial charge is 0.233 e. The number of allylic oxidation sites excluding steroid dienone is 2. The number of carbonyl (C=O) groups is 2. The topological polar surface area (TPSA) is 57.6 Å². The van der Waals surface area contributed by atoms with Crippen molar-refractivity contribution in [3.63, 3.8) is 0 Å². The molecule has 2 atom stereocenters. The van der Waals surface area contributed by atoms with Crippen LogP contribution in [0.1, 0.15) is 12.8 Å². The van der Waals surface area contributed by atoms with Crippen LogP contribution in [-0.4, -0.2) is 35.0 Å². The summed E-state index contributed by atoms with van der Waals surface area (Å²) in [7, 11) is 0. The van der Waals surface area contributed by atoms with Gasteiger partial charge >= 0.3 is 0 Å². The van der Waals surface area contributed by atoms with Gasteiger partial charge in [0.15, 0.2) is 0 Å². The average Bonchev–Trinajstić information content (AvgIpc) is 2.44. The van der Waals surface area contributed by atoms with E-state index >= 15 is 0 Å². The van der Waals surface area contributed by atoms with Crippen molar-refractivity contribution in [1.29, 1.82) is 0 Å². The molecule has 2 aliphatic rings. The number of likely N-dealkylation sites (tertiary alicyclic amines) is 1. The van der Waals surface area contributed by atoms with Crippen LogP contribution in [0.4, 0.5) is 0 Å². The molecule has 0 aromatic rings. The van der Waals surface area contributed by atoms with Gasteiger partial charge in [0.05, 0.1) is 25.0 Å². The highest BCUT2D eigenvalue weighted by Gasteiger charge is 2.47. The summed E-state index contributed by atoms with van der Waals surface area (Å²) in [6.07, 6.45) is 2.80. The van der Waals surface area contributed by atoms with E-state index in [0.717, 1.165) is 4.90 Å². The Hall–Kier alpha value is -0.870. The summed E-state index contributed by atoms with van der Waals surface area (Å²) in [5.41, 5.74) is 0. The number of hydrogen-bond acceptors (Lipinski definition) is 3. The Bertz CT molecular complexity index is 340. The molecule has 0 aromatic heterocycles. The summed E-state index contributed by atoms with van der Waals surface area (Å²) in [5.74, 6) is -0.919. The Kier molecular flexibility index (Phi) is 2.80. The van der Waals surface area contributed by atoms with Crippen molar-refractivity contribution in [3.8, 4) is 0 Å². The van der Waals surface area contributed by atoms with Crippen LogP contribution < -0.4 is 0 Å². The van der Waals surface area contributed by atoms with Gasteiger partial charge in [-0.1, -0.05) is 17.7 Å². The third-order valence-electron chi connectivity index (χ3n) is 2.98. The Morgan fingerprint density at radius 2 is 2.07 bits per heavy atom. The SMILES string of the molecule is O=C1[C@H]2CC(Cl)=CC[C@H]2C(=O)N1CCO. The average molecular weight is 230 g/mol. The van der Waals surface area contributed by atoms with E-state index in [1.165, 1.54) is 0 Å². The molecule has 15 heavy (non-hydrogen) atoms. The van der Waals surface area contributed by atoms with Gasteiger partial charge in [0.1, 0.15) is 0 Å². The molecule has 1 aliphatic heterocycles. The number of aliphatic hydroxyl groups is 1. The molecule has 0 unspecified atom stereocenters. The first-order valence-electron chi connectivity index (χ1n) is 4.95. The molecule has 0 aromatic carbocycles. The van der Waals surface area contributed by atoms with Gasteiger partial charge in [0, 0.05) is 5.03 Å². The highest BCUT2D eigenvalue weighted by Crippen LogP contribution is 2.38.